The molecular formula is C15H16N2O4S. The minimum absolute atomic E-state index is 0.000587. The largest absolute Gasteiger partial charge is 0.347 e. The molecule has 116 valence electrons. The predicted octanol–water partition coefficient (Wildman–Crippen LogP) is 1.49. The number of nitrogens with zero attached hydrogens (tertiary/aromatic N) is 1. The highest BCUT2D eigenvalue weighted by Crippen LogP contribution is 2.07. The first-order chi connectivity index (χ1) is 10.4. The molecule has 0 spiro atoms. The van der Waals surface area contributed by atoms with Crippen LogP contribution in [-0.4, -0.2) is 25.6 Å². The van der Waals surface area contributed by atoms with E-state index in [1.165, 1.54) is 0 Å². The van der Waals surface area contributed by atoms with Gasteiger partial charge in [0, 0.05) is 12.7 Å². The Morgan fingerprint density at radius 3 is 2.41 bits per heavy atom. The monoisotopic (exact) mass is 320 g/mol. The summed E-state index contributed by atoms with van der Waals surface area (Å²) < 4.78 is 26.5. The number of carbonyl (C=O) groups is 1. The molecule has 0 fully saturated rings. The average molecular weight is 320 g/mol. The topological polar surface area (TPSA) is 85.4 Å². The van der Waals surface area contributed by atoms with E-state index < -0.39 is 10.1 Å². The summed E-state index contributed by atoms with van der Waals surface area (Å²) in [5, 5.41) is 2.76. The van der Waals surface area contributed by atoms with Crippen molar-refractivity contribution >= 4 is 16.0 Å². The number of pyridine rings is 1. The second kappa shape index (κ2) is 7.15. The van der Waals surface area contributed by atoms with Crippen molar-refractivity contribution in [1.82, 2.24) is 10.3 Å². The van der Waals surface area contributed by atoms with Crippen molar-refractivity contribution in [2.75, 3.05) is 6.26 Å². The van der Waals surface area contributed by atoms with Crippen LogP contribution in [0.5, 0.6) is 0 Å². The van der Waals surface area contributed by atoms with Crippen LogP contribution in [0.4, 0.5) is 0 Å². The Balaban J connectivity index is 1.88. The summed E-state index contributed by atoms with van der Waals surface area (Å²) in [5.41, 5.74) is 2.00. The van der Waals surface area contributed by atoms with Gasteiger partial charge in [0.25, 0.3) is 16.0 Å². The zero-order chi connectivity index (χ0) is 16.0. The molecule has 0 aliphatic carbocycles. The first-order valence-corrected chi connectivity index (χ1v) is 8.37. The highest BCUT2D eigenvalue weighted by atomic mass is 32.2. The lowest BCUT2D eigenvalue weighted by atomic mass is 10.1. The van der Waals surface area contributed by atoms with E-state index in [0.29, 0.717) is 12.2 Å². The van der Waals surface area contributed by atoms with Crippen molar-refractivity contribution in [1.29, 1.82) is 0 Å². The van der Waals surface area contributed by atoms with Crippen LogP contribution in [0.15, 0.2) is 48.7 Å². The maximum atomic E-state index is 11.8. The number of rotatable bonds is 6. The molecule has 0 aliphatic heterocycles. The molecule has 0 saturated heterocycles. The molecule has 1 N–H and O–H groups in total. The van der Waals surface area contributed by atoms with Gasteiger partial charge in [-0.1, -0.05) is 30.3 Å². The maximum absolute atomic E-state index is 11.8. The number of hydrogen-bond acceptors (Lipinski definition) is 5. The van der Waals surface area contributed by atoms with Crippen molar-refractivity contribution in [3.05, 3.63) is 65.5 Å². The zero-order valence-electron chi connectivity index (χ0n) is 12.0. The number of nitrogens with one attached hydrogen (secondary N) is 1. The van der Waals surface area contributed by atoms with Crippen LogP contribution in [0.1, 0.15) is 21.6 Å². The van der Waals surface area contributed by atoms with Crippen LogP contribution in [0.2, 0.25) is 0 Å². The van der Waals surface area contributed by atoms with Gasteiger partial charge in [-0.05, 0) is 23.3 Å². The van der Waals surface area contributed by atoms with Crippen LogP contribution in [-0.2, 0) is 27.5 Å². The SMILES string of the molecule is CS(=O)(=O)OCc1ccc(CNC(=O)c2ccccn2)cc1. The van der Waals surface area contributed by atoms with Crippen molar-refractivity contribution in [2.45, 2.75) is 13.2 Å². The fourth-order valence-corrected chi connectivity index (χ4v) is 2.05. The van der Waals surface area contributed by atoms with Gasteiger partial charge in [0.05, 0.1) is 12.9 Å². The minimum Gasteiger partial charge on any atom is -0.347 e. The van der Waals surface area contributed by atoms with Crippen LogP contribution >= 0.6 is 0 Å². The van der Waals surface area contributed by atoms with Crippen molar-refractivity contribution in [3.8, 4) is 0 Å². The zero-order valence-corrected chi connectivity index (χ0v) is 12.8. The van der Waals surface area contributed by atoms with E-state index in [-0.39, 0.29) is 12.5 Å². The van der Waals surface area contributed by atoms with E-state index >= 15 is 0 Å². The highest BCUT2D eigenvalue weighted by Gasteiger charge is 2.06. The Morgan fingerprint density at radius 1 is 1.14 bits per heavy atom. The highest BCUT2D eigenvalue weighted by molar-refractivity contribution is 7.85. The fraction of sp³-hybridized carbons (Fsp3) is 0.200. The van der Waals surface area contributed by atoms with Gasteiger partial charge in [-0.15, -0.1) is 0 Å². The Kier molecular flexibility index (Phi) is 5.24. The van der Waals surface area contributed by atoms with Gasteiger partial charge in [0.1, 0.15) is 5.69 Å². The standard InChI is InChI=1S/C15H16N2O4S/c1-22(19,20)21-11-13-7-5-12(6-8-13)10-17-15(18)14-4-2-3-9-16-14/h2-9H,10-11H2,1H3,(H,17,18). The smallest absolute Gasteiger partial charge is 0.270 e. The summed E-state index contributed by atoms with van der Waals surface area (Å²) in [4.78, 5) is 15.8. The Bertz CT molecular complexity index is 728. The molecule has 1 heterocycles. The quantitative estimate of drug-likeness (QED) is 0.815. The van der Waals surface area contributed by atoms with E-state index in [2.05, 4.69) is 10.3 Å². The normalized spacial score (nSPS) is 11.1. The van der Waals surface area contributed by atoms with E-state index in [4.69, 9.17) is 4.18 Å². The Labute approximate surface area is 129 Å². The minimum atomic E-state index is -3.45. The third-order valence-electron chi connectivity index (χ3n) is 2.81. The number of hydrogen-bond donors (Lipinski definition) is 1. The van der Waals surface area contributed by atoms with Gasteiger partial charge in [-0.3, -0.25) is 14.0 Å². The average Bonchev–Trinajstić information content (AvgIpc) is 2.52. The lowest BCUT2D eigenvalue weighted by Gasteiger charge is -2.06. The maximum Gasteiger partial charge on any atom is 0.270 e. The second-order valence-corrected chi connectivity index (χ2v) is 6.32. The van der Waals surface area contributed by atoms with E-state index in [1.54, 1.807) is 48.7 Å². The van der Waals surface area contributed by atoms with Gasteiger partial charge in [0.15, 0.2) is 0 Å². The molecule has 0 aliphatic rings. The predicted molar refractivity (Wildman–Crippen MR) is 81.5 cm³/mol. The molecule has 2 aromatic rings. The van der Waals surface area contributed by atoms with Crippen LogP contribution in [0.25, 0.3) is 0 Å². The van der Waals surface area contributed by atoms with E-state index in [0.717, 1.165) is 17.4 Å². The molecule has 1 aromatic heterocycles. The molecule has 0 unspecified atom stereocenters. The summed E-state index contributed by atoms with van der Waals surface area (Å²) >= 11 is 0. The molecule has 1 aromatic carbocycles. The molecule has 1 amide bonds. The summed E-state index contributed by atoms with van der Waals surface area (Å²) in [5.74, 6) is -0.245. The molecule has 0 bridgehead atoms. The van der Waals surface area contributed by atoms with Crippen molar-refractivity contribution in [3.63, 3.8) is 0 Å². The molecule has 22 heavy (non-hydrogen) atoms. The lowest BCUT2D eigenvalue weighted by Crippen LogP contribution is -2.23. The van der Waals surface area contributed by atoms with E-state index in [9.17, 15) is 13.2 Å². The summed E-state index contributed by atoms with van der Waals surface area (Å²) in [7, 11) is -3.45. The van der Waals surface area contributed by atoms with Gasteiger partial charge in [0.2, 0.25) is 0 Å². The fourth-order valence-electron chi connectivity index (χ4n) is 1.70. The number of carbonyl (C=O) groups excluding carboxylic acids is 1. The lowest BCUT2D eigenvalue weighted by molar-refractivity contribution is 0.0946. The van der Waals surface area contributed by atoms with Gasteiger partial charge in [-0.2, -0.15) is 8.42 Å². The van der Waals surface area contributed by atoms with Crippen molar-refractivity contribution < 1.29 is 17.4 Å². The first-order valence-electron chi connectivity index (χ1n) is 6.55. The van der Waals surface area contributed by atoms with Crippen LogP contribution < -0.4 is 5.32 Å². The molecule has 0 radical (unpaired) electrons. The number of aromatic nitrogens is 1. The summed E-state index contributed by atoms with van der Waals surface area (Å²) in [6, 6.07) is 12.3. The summed E-state index contributed by atoms with van der Waals surface area (Å²) in [6.07, 6.45) is 2.57. The first kappa shape index (κ1) is 16.1. The number of amides is 1. The van der Waals surface area contributed by atoms with Gasteiger partial charge in [-0.25, -0.2) is 0 Å². The molecule has 2 rings (SSSR count). The van der Waals surface area contributed by atoms with Crippen LogP contribution in [0, 0.1) is 0 Å². The third kappa shape index (κ3) is 5.27. The van der Waals surface area contributed by atoms with Crippen LogP contribution in [0.3, 0.4) is 0 Å². The Morgan fingerprint density at radius 2 is 1.82 bits per heavy atom. The van der Waals surface area contributed by atoms with Gasteiger partial charge < -0.3 is 5.32 Å². The molecular weight excluding hydrogens is 304 g/mol. The molecule has 0 saturated carbocycles. The number of benzene rings is 1. The molecule has 6 nitrogen and oxygen atoms in total. The van der Waals surface area contributed by atoms with E-state index in [1.807, 2.05) is 0 Å². The summed E-state index contributed by atoms with van der Waals surface area (Å²) in [6.45, 7) is 0.363. The van der Waals surface area contributed by atoms with Crippen molar-refractivity contribution in [2.24, 2.45) is 0 Å². The Hall–Kier alpha value is -2.25. The third-order valence-corrected chi connectivity index (χ3v) is 3.36. The van der Waals surface area contributed by atoms with Gasteiger partial charge >= 0.3 is 0 Å². The second-order valence-electron chi connectivity index (χ2n) is 4.68. The molecule has 0 atom stereocenters. The molecule has 7 heteroatoms.